The van der Waals surface area contributed by atoms with Gasteiger partial charge in [-0.25, -0.2) is 4.39 Å². The van der Waals surface area contributed by atoms with Crippen LogP contribution in [0.25, 0.3) is 0 Å². The van der Waals surface area contributed by atoms with Gasteiger partial charge in [-0.15, -0.1) is 0 Å². The number of pyridine rings is 1. The van der Waals surface area contributed by atoms with Gasteiger partial charge in [-0.05, 0) is 44.2 Å². The Morgan fingerprint density at radius 1 is 1.37 bits per heavy atom. The molecule has 2 aromatic heterocycles. The molecule has 180 valence electrons. The predicted molar refractivity (Wildman–Crippen MR) is 122 cm³/mol. The van der Waals surface area contributed by atoms with E-state index in [0.717, 1.165) is 6.07 Å². The maximum Gasteiger partial charge on any atom is 0.196 e. The molecule has 1 aliphatic carbocycles. The molecule has 0 aliphatic heterocycles. The summed E-state index contributed by atoms with van der Waals surface area (Å²) in [5.74, 6) is -1.25. The van der Waals surface area contributed by atoms with Crippen LogP contribution in [0.1, 0.15) is 62.2 Å². The third kappa shape index (κ3) is 5.49. The number of ether oxygens (including phenoxy) is 1. The smallest absolute Gasteiger partial charge is 0.196 e. The number of aldehydes is 1. The summed E-state index contributed by atoms with van der Waals surface area (Å²) in [6.45, 7) is 0.166. The molecule has 0 unspecified atom stereocenters. The number of carbonyl (C=O) groups excluding carboxylic acids is 2. The molecule has 1 aromatic carbocycles. The third-order valence-corrected chi connectivity index (χ3v) is 5.87. The topological polar surface area (TPSA) is 121 Å². The molecule has 0 radical (unpaired) electrons. The van der Waals surface area contributed by atoms with E-state index in [9.17, 15) is 14.7 Å². The maximum atomic E-state index is 15.5. The van der Waals surface area contributed by atoms with Crippen molar-refractivity contribution in [2.24, 2.45) is 7.05 Å². The maximum absolute atomic E-state index is 15.5. The molecule has 3 aromatic rings. The predicted octanol–water partition coefficient (Wildman–Crippen LogP) is 2.54. The lowest BCUT2D eigenvalue weighted by molar-refractivity contribution is -0.0928. The highest BCUT2D eigenvalue weighted by Gasteiger charge is 2.42. The highest BCUT2D eigenvalue weighted by molar-refractivity contribution is 6.09. The van der Waals surface area contributed by atoms with Gasteiger partial charge in [0.2, 0.25) is 0 Å². The van der Waals surface area contributed by atoms with E-state index in [1.54, 1.807) is 31.1 Å². The molecule has 1 atom stereocenters. The Morgan fingerprint density at radius 2 is 2.14 bits per heavy atom. The van der Waals surface area contributed by atoms with Crippen molar-refractivity contribution in [3.8, 4) is 6.07 Å². The number of nitriles is 1. The first kappa shape index (κ1) is 24.3. The summed E-state index contributed by atoms with van der Waals surface area (Å²) < 4.78 is 22.9. The van der Waals surface area contributed by atoms with Crippen molar-refractivity contribution in [2.45, 2.75) is 31.2 Å². The Bertz CT molecular complexity index is 1290. The molecule has 0 spiro atoms. The highest BCUT2D eigenvalue weighted by atomic mass is 19.1. The SMILES string of the molecule is CN(Cc1ccc(C#N)cn1)[C@H](OCC1(O)CC1)c1c(F)cc(C(=O)c2cnn(C)c2)cc1C=O. The van der Waals surface area contributed by atoms with Gasteiger partial charge in [-0.2, -0.15) is 10.4 Å². The average Bonchev–Trinajstić information content (AvgIpc) is 3.43. The minimum atomic E-state index is -1.04. The summed E-state index contributed by atoms with van der Waals surface area (Å²) in [5.41, 5.74) is 0.235. The second-order valence-corrected chi connectivity index (χ2v) is 8.76. The molecule has 0 amide bonds. The molecular weight excluding hydrogens is 453 g/mol. The molecule has 1 fully saturated rings. The Kier molecular flexibility index (Phi) is 6.84. The first-order valence-corrected chi connectivity index (χ1v) is 10.9. The second kappa shape index (κ2) is 9.84. The van der Waals surface area contributed by atoms with Crippen molar-refractivity contribution in [3.63, 3.8) is 0 Å². The molecule has 1 aliphatic rings. The summed E-state index contributed by atoms with van der Waals surface area (Å²) in [7, 11) is 3.33. The highest BCUT2D eigenvalue weighted by Crippen LogP contribution is 2.38. The van der Waals surface area contributed by atoms with Crippen LogP contribution in [0.15, 0.2) is 42.9 Å². The van der Waals surface area contributed by atoms with Gasteiger partial charge in [-0.1, -0.05) is 0 Å². The van der Waals surface area contributed by atoms with Crippen LogP contribution in [0.4, 0.5) is 4.39 Å². The van der Waals surface area contributed by atoms with Crippen molar-refractivity contribution >= 4 is 12.1 Å². The summed E-state index contributed by atoms with van der Waals surface area (Å²) in [4.78, 5) is 30.7. The van der Waals surface area contributed by atoms with Crippen LogP contribution in [-0.2, 0) is 18.3 Å². The summed E-state index contributed by atoms with van der Waals surface area (Å²) in [5, 5.41) is 23.2. The third-order valence-electron chi connectivity index (χ3n) is 5.87. The van der Waals surface area contributed by atoms with Crippen LogP contribution in [0.2, 0.25) is 0 Å². The van der Waals surface area contributed by atoms with Gasteiger partial charge >= 0.3 is 0 Å². The zero-order chi connectivity index (χ0) is 25.2. The molecule has 1 N–H and O–H groups in total. The number of hydrogen-bond donors (Lipinski definition) is 1. The number of rotatable bonds is 10. The summed E-state index contributed by atoms with van der Waals surface area (Å²) in [6.07, 6.45) is 4.89. The van der Waals surface area contributed by atoms with E-state index in [4.69, 9.17) is 10.00 Å². The standard InChI is InChI=1S/C25H24FN5O4/c1-30(13-20-4-3-16(9-27)10-28-20)24(35-15-25(34)5-6-25)22-18(14-32)7-17(8-21(22)26)23(33)19-11-29-31(2)12-19/h3-4,7-8,10-12,14,24,34H,5-6,13,15H2,1-2H3/t24-/m1/s1. The van der Waals surface area contributed by atoms with Crippen LogP contribution in [0.3, 0.4) is 0 Å². The van der Waals surface area contributed by atoms with E-state index in [2.05, 4.69) is 10.1 Å². The zero-order valence-electron chi connectivity index (χ0n) is 19.3. The number of halogens is 1. The second-order valence-electron chi connectivity index (χ2n) is 8.76. The average molecular weight is 477 g/mol. The number of benzene rings is 1. The molecule has 0 bridgehead atoms. The van der Waals surface area contributed by atoms with Crippen molar-refractivity contribution in [3.05, 3.63) is 82.2 Å². The lowest BCUT2D eigenvalue weighted by atomic mass is 9.98. The van der Waals surface area contributed by atoms with E-state index >= 15 is 4.39 Å². The largest absolute Gasteiger partial charge is 0.387 e. The first-order chi connectivity index (χ1) is 16.7. The number of nitrogens with zero attached hydrogens (tertiary/aromatic N) is 5. The van der Waals surface area contributed by atoms with E-state index in [0.29, 0.717) is 30.4 Å². The summed E-state index contributed by atoms with van der Waals surface area (Å²) in [6, 6.07) is 7.70. The Balaban J connectivity index is 1.67. The Morgan fingerprint density at radius 3 is 2.71 bits per heavy atom. The molecule has 1 saturated carbocycles. The van der Waals surface area contributed by atoms with Gasteiger partial charge < -0.3 is 9.84 Å². The fraction of sp³-hybridized carbons (Fsp3) is 0.320. The first-order valence-electron chi connectivity index (χ1n) is 10.9. The summed E-state index contributed by atoms with van der Waals surface area (Å²) >= 11 is 0. The van der Waals surface area contributed by atoms with Gasteiger partial charge in [0.25, 0.3) is 0 Å². The lowest BCUT2D eigenvalue weighted by Crippen LogP contribution is -2.31. The number of aryl methyl sites for hydroxylation is 1. The number of aromatic nitrogens is 3. The number of ketones is 1. The Labute approximate surface area is 201 Å². The fourth-order valence-electron chi connectivity index (χ4n) is 3.71. The van der Waals surface area contributed by atoms with Crippen LogP contribution < -0.4 is 0 Å². The fourth-order valence-corrected chi connectivity index (χ4v) is 3.71. The molecule has 4 rings (SSSR count). The van der Waals surface area contributed by atoms with Crippen LogP contribution >= 0.6 is 0 Å². The number of hydrogen-bond acceptors (Lipinski definition) is 8. The quantitative estimate of drug-likeness (QED) is 0.269. The van der Waals surface area contributed by atoms with E-state index in [1.165, 1.54) is 29.3 Å². The Hall–Kier alpha value is -3.78. The lowest BCUT2D eigenvalue weighted by Gasteiger charge is -2.30. The van der Waals surface area contributed by atoms with Crippen LogP contribution in [-0.4, -0.2) is 56.1 Å². The van der Waals surface area contributed by atoms with Crippen molar-refractivity contribution in [1.82, 2.24) is 19.7 Å². The van der Waals surface area contributed by atoms with E-state index < -0.39 is 23.4 Å². The molecule has 35 heavy (non-hydrogen) atoms. The van der Waals surface area contributed by atoms with Gasteiger partial charge in [0.05, 0.1) is 35.2 Å². The van der Waals surface area contributed by atoms with Crippen LogP contribution in [0, 0.1) is 17.1 Å². The molecule has 0 saturated heterocycles. The van der Waals surface area contributed by atoms with Gasteiger partial charge in [-0.3, -0.25) is 24.2 Å². The van der Waals surface area contributed by atoms with Gasteiger partial charge in [0.1, 0.15) is 18.1 Å². The minimum Gasteiger partial charge on any atom is -0.387 e. The van der Waals surface area contributed by atoms with Crippen LogP contribution in [0.5, 0.6) is 0 Å². The van der Waals surface area contributed by atoms with E-state index in [-0.39, 0.29) is 35.4 Å². The zero-order valence-corrected chi connectivity index (χ0v) is 19.3. The van der Waals surface area contributed by atoms with E-state index in [1.807, 2.05) is 6.07 Å². The van der Waals surface area contributed by atoms with Gasteiger partial charge in [0, 0.05) is 42.7 Å². The monoisotopic (exact) mass is 477 g/mol. The van der Waals surface area contributed by atoms with Gasteiger partial charge in [0.15, 0.2) is 12.1 Å². The molecular formula is C25H24FN5O4. The molecule has 2 heterocycles. The van der Waals surface area contributed by atoms with Crippen molar-refractivity contribution in [2.75, 3.05) is 13.7 Å². The minimum absolute atomic E-state index is 0.0114. The van der Waals surface area contributed by atoms with Crippen molar-refractivity contribution in [1.29, 1.82) is 5.26 Å². The molecule has 9 nitrogen and oxygen atoms in total. The van der Waals surface area contributed by atoms with Crippen molar-refractivity contribution < 1.29 is 23.8 Å². The molecule has 10 heteroatoms. The number of carbonyl (C=O) groups is 2. The normalized spacial score (nSPS) is 15.0. The number of aliphatic hydroxyl groups is 1.